The van der Waals surface area contributed by atoms with E-state index in [4.69, 9.17) is 15.2 Å². The molecule has 4 nitrogen and oxygen atoms in total. The van der Waals surface area contributed by atoms with E-state index in [1.165, 1.54) is 0 Å². The monoisotopic (exact) mass is 305 g/mol. The standard InChI is InChI=1S/C16H19NO3S/c1-11-4-7-16(13(17)8-11)21(18)10-12-5-6-14(19-2)15(9-12)20-3/h4-9H,10,17H2,1-3H3. The van der Waals surface area contributed by atoms with Crippen molar-refractivity contribution in [1.29, 1.82) is 0 Å². The highest BCUT2D eigenvalue weighted by Crippen LogP contribution is 2.29. The van der Waals surface area contributed by atoms with E-state index in [0.717, 1.165) is 11.1 Å². The molecule has 1 unspecified atom stereocenters. The predicted molar refractivity (Wildman–Crippen MR) is 85.2 cm³/mol. The Balaban J connectivity index is 2.23. The number of nitrogen functional groups attached to an aromatic ring is 1. The van der Waals surface area contributed by atoms with Gasteiger partial charge in [0.15, 0.2) is 11.5 Å². The summed E-state index contributed by atoms with van der Waals surface area (Å²) in [6, 6.07) is 11.1. The lowest BCUT2D eigenvalue weighted by Gasteiger charge is -2.10. The normalized spacial score (nSPS) is 12.0. The molecule has 112 valence electrons. The average Bonchev–Trinajstić information content (AvgIpc) is 2.46. The van der Waals surface area contributed by atoms with Gasteiger partial charge in [-0.2, -0.15) is 0 Å². The molecule has 1 atom stereocenters. The topological polar surface area (TPSA) is 61.5 Å². The van der Waals surface area contributed by atoms with E-state index in [1.807, 2.05) is 43.3 Å². The third kappa shape index (κ3) is 3.55. The molecule has 2 rings (SSSR count). The van der Waals surface area contributed by atoms with Gasteiger partial charge in [-0.15, -0.1) is 0 Å². The average molecular weight is 305 g/mol. The Bertz CT molecular complexity index is 671. The van der Waals surface area contributed by atoms with Gasteiger partial charge in [0.2, 0.25) is 0 Å². The molecule has 21 heavy (non-hydrogen) atoms. The molecule has 2 aromatic carbocycles. The molecule has 2 aromatic rings. The van der Waals surface area contributed by atoms with Crippen LogP contribution in [0.15, 0.2) is 41.3 Å². The predicted octanol–water partition coefficient (Wildman–Crippen LogP) is 2.90. The molecule has 0 aliphatic heterocycles. The van der Waals surface area contributed by atoms with Crippen molar-refractivity contribution >= 4 is 16.5 Å². The first-order valence-corrected chi connectivity index (χ1v) is 7.82. The summed E-state index contributed by atoms with van der Waals surface area (Å²) < 4.78 is 22.9. The van der Waals surface area contributed by atoms with E-state index in [1.54, 1.807) is 14.2 Å². The number of hydrogen-bond acceptors (Lipinski definition) is 4. The summed E-state index contributed by atoms with van der Waals surface area (Å²) >= 11 is 0. The van der Waals surface area contributed by atoms with Crippen LogP contribution in [0.4, 0.5) is 5.69 Å². The molecule has 0 amide bonds. The molecule has 0 saturated carbocycles. The Morgan fingerprint density at radius 1 is 1.05 bits per heavy atom. The van der Waals surface area contributed by atoms with Crippen LogP contribution in [0.25, 0.3) is 0 Å². The van der Waals surface area contributed by atoms with Gasteiger partial charge < -0.3 is 15.2 Å². The summed E-state index contributed by atoms with van der Waals surface area (Å²) in [6.45, 7) is 1.96. The summed E-state index contributed by atoms with van der Waals surface area (Å²) in [6.07, 6.45) is 0. The zero-order valence-electron chi connectivity index (χ0n) is 12.4. The molecule has 0 radical (unpaired) electrons. The highest BCUT2D eigenvalue weighted by atomic mass is 32.2. The number of rotatable bonds is 5. The van der Waals surface area contributed by atoms with Crippen molar-refractivity contribution in [3.63, 3.8) is 0 Å². The Hall–Kier alpha value is -2.01. The third-order valence-electron chi connectivity index (χ3n) is 3.16. The van der Waals surface area contributed by atoms with Crippen LogP contribution in [0.3, 0.4) is 0 Å². The van der Waals surface area contributed by atoms with E-state index in [0.29, 0.717) is 27.8 Å². The van der Waals surface area contributed by atoms with Crippen LogP contribution in [-0.2, 0) is 16.6 Å². The molecule has 0 fully saturated rings. The van der Waals surface area contributed by atoms with Crippen molar-refractivity contribution in [2.45, 2.75) is 17.6 Å². The summed E-state index contributed by atoms with van der Waals surface area (Å²) in [5, 5.41) is 0. The molecule has 0 heterocycles. The van der Waals surface area contributed by atoms with E-state index < -0.39 is 10.8 Å². The van der Waals surface area contributed by atoms with Crippen molar-refractivity contribution in [3.8, 4) is 11.5 Å². The number of hydrogen-bond donors (Lipinski definition) is 1. The fourth-order valence-electron chi connectivity index (χ4n) is 2.07. The fourth-order valence-corrected chi connectivity index (χ4v) is 3.25. The first-order chi connectivity index (χ1) is 10.0. The van der Waals surface area contributed by atoms with Crippen molar-refractivity contribution < 1.29 is 13.7 Å². The molecule has 0 aromatic heterocycles. The van der Waals surface area contributed by atoms with Gasteiger partial charge >= 0.3 is 0 Å². The van der Waals surface area contributed by atoms with Crippen LogP contribution < -0.4 is 15.2 Å². The van der Waals surface area contributed by atoms with E-state index in [-0.39, 0.29) is 0 Å². The number of benzene rings is 2. The third-order valence-corrected chi connectivity index (χ3v) is 4.61. The van der Waals surface area contributed by atoms with Gasteiger partial charge in [0.1, 0.15) is 0 Å². The van der Waals surface area contributed by atoms with Crippen molar-refractivity contribution in [3.05, 3.63) is 47.5 Å². The first-order valence-electron chi connectivity index (χ1n) is 6.50. The second-order valence-corrected chi connectivity index (χ2v) is 6.14. The SMILES string of the molecule is COc1ccc(CS(=O)c2ccc(C)cc2N)cc1OC. The number of ether oxygens (including phenoxy) is 2. The van der Waals surface area contributed by atoms with Crippen molar-refractivity contribution in [2.24, 2.45) is 0 Å². The van der Waals surface area contributed by atoms with Crippen LogP contribution in [-0.4, -0.2) is 18.4 Å². The van der Waals surface area contributed by atoms with Crippen LogP contribution in [0, 0.1) is 6.92 Å². The summed E-state index contributed by atoms with van der Waals surface area (Å²) in [5.41, 5.74) is 8.47. The number of anilines is 1. The van der Waals surface area contributed by atoms with Gasteiger partial charge in [-0.3, -0.25) is 4.21 Å². The molecule has 0 saturated heterocycles. The fraction of sp³-hybridized carbons (Fsp3) is 0.250. The maximum Gasteiger partial charge on any atom is 0.161 e. The van der Waals surface area contributed by atoms with Gasteiger partial charge in [0.25, 0.3) is 0 Å². The molecule has 0 spiro atoms. The van der Waals surface area contributed by atoms with E-state index >= 15 is 0 Å². The molecule has 2 N–H and O–H groups in total. The Morgan fingerprint density at radius 3 is 2.38 bits per heavy atom. The minimum atomic E-state index is -1.19. The maximum atomic E-state index is 12.5. The minimum absolute atomic E-state index is 0.383. The van der Waals surface area contributed by atoms with E-state index in [9.17, 15) is 4.21 Å². The van der Waals surface area contributed by atoms with Gasteiger partial charge in [0.05, 0.1) is 35.7 Å². The lowest BCUT2D eigenvalue weighted by molar-refractivity contribution is 0.354. The quantitative estimate of drug-likeness (QED) is 0.863. The van der Waals surface area contributed by atoms with Crippen LogP contribution >= 0.6 is 0 Å². The van der Waals surface area contributed by atoms with Crippen molar-refractivity contribution in [1.82, 2.24) is 0 Å². The van der Waals surface area contributed by atoms with Crippen molar-refractivity contribution in [2.75, 3.05) is 20.0 Å². The molecular weight excluding hydrogens is 286 g/mol. The van der Waals surface area contributed by atoms with Crippen LogP contribution in [0.1, 0.15) is 11.1 Å². The van der Waals surface area contributed by atoms with Crippen LogP contribution in [0.2, 0.25) is 0 Å². The summed E-state index contributed by atoms with van der Waals surface area (Å²) in [5.74, 6) is 1.67. The molecule has 0 aliphatic carbocycles. The minimum Gasteiger partial charge on any atom is -0.493 e. The lowest BCUT2D eigenvalue weighted by Crippen LogP contribution is -2.02. The maximum absolute atomic E-state index is 12.5. The zero-order valence-corrected chi connectivity index (χ0v) is 13.2. The Morgan fingerprint density at radius 2 is 1.76 bits per heavy atom. The zero-order chi connectivity index (χ0) is 15.4. The lowest BCUT2D eigenvalue weighted by atomic mass is 10.2. The molecule has 0 aliphatic rings. The van der Waals surface area contributed by atoms with E-state index in [2.05, 4.69) is 0 Å². The smallest absolute Gasteiger partial charge is 0.161 e. The summed E-state index contributed by atoms with van der Waals surface area (Å²) in [7, 11) is 1.97. The number of methoxy groups -OCH3 is 2. The molecule has 5 heteroatoms. The van der Waals surface area contributed by atoms with Gasteiger partial charge in [-0.25, -0.2) is 0 Å². The van der Waals surface area contributed by atoms with Gasteiger partial charge in [-0.1, -0.05) is 12.1 Å². The molecular formula is C16H19NO3S. The Labute approximate surface area is 127 Å². The first kappa shape index (κ1) is 15.4. The highest BCUT2D eigenvalue weighted by molar-refractivity contribution is 7.84. The van der Waals surface area contributed by atoms with Gasteiger partial charge in [-0.05, 0) is 42.3 Å². The second kappa shape index (κ2) is 6.63. The number of aryl methyl sites for hydroxylation is 1. The largest absolute Gasteiger partial charge is 0.493 e. The Kier molecular flexibility index (Phi) is 4.85. The van der Waals surface area contributed by atoms with Crippen LogP contribution in [0.5, 0.6) is 11.5 Å². The summed E-state index contributed by atoms with van der Waals surface area (Å²) in [4.78, 5) is 0.662. The second-order valence-electron chi connectivity index (χ2n) is 4.72. The molecule has 0 bridgehead atoms. The number of nitrogens with two attached hydrogens (primary N) is 1. The highest BCUT2D eigenvalue weighted by Gasteiger charge is 2.11. The van der Waals surface area contributed by atoms with Gasteiger partial charge in [0, 0.05) is 5.69 Å².